The Kier molecular flexibility index (Phi) is 4.58. The average Bonchev–Trinajstić information content (AvgIpc) is 3.14. The first-order chi connectivity index (χ1) is 13.8. The second kappa shape index (κ2) is 7.37. The van der Waals surface area contributed by atoms with E-state index in [1.807, 2.05) is 11.8 Å². The molecule has 1 aliphatic heterocycles. The number of nitrogens with zero attached hydrogens (tertiary/aromatic N) is 1. The Hall–Kier alpha value is -2.71. The molecule has 0 fully saturated rings. The van der Waals surface area contributed by atoms with Crippen LogP contribution in [0.15, 0.2) is 82.6 Å². The third-order valence-electron chi connectivity index (χ3n) is 5.42. The highest BCUT2D eigenvalue weighted by Gasteiger charge is 2.23. The number of para-hydroxylation sites is 1. The molecule has 28 heavy (non-hydrogen) atoms. The first-order valence-corrected chi connectivity index (χ1v) is 10.8. The standard InChI is InChI=1S/C26H23NS/c1-2-3-16-27-23-10-6-7-11-25(23)28-26-18-19(12-15-24(26)27)17-21-14-13-20-8-4-5-9-22(20)21/h4-15,17-18H,2-3,16H2,1H3. The predicted molar refractivity (Wildman–Crippen MR) is 122 cm³/mol. The molecule has 0 amide bonds. The van der Waals surface area contributed by atoms with Crippen molar-refractivity contribution in [1.29, 1.82) is 0 Å². The van der Waals surface area contributed by atoms with Crippen molar-refractivity contribution in [2.24, 2.45) is 0 Å². The van der Waals surface area contributed by atoms with Crippen molar-refractivity contribution < 1.29 is 0 Å². The fourth-order valence-corrected chi connectivity index (χ4v) is 5.12. The summed E-state index contributed by atoms with van der Waals surface area (Å²) in [6.07, 6.45) is 9.14. The average molecular weight is 382 g/mol. The summed E-state index contributed by atoms with van der Waals surface area (Å²) in [7, 11) is 0. The largest absolute Gasteiger partial charge is 0.340 e. The van der Waals surface area contributed by atoms with E-state index in [9.17, 15) is 0 Å². The van der Waals surface area contributed by atoms with Crippen LogP contribution in [0.4, 0.5) is 11.4 Å². The maximum atomic E-state index is 2.49. The Balaban J connectivity index is 1.53. The third-order valence-corrected chi connectivity index (χ3v) is 6.53. The van der Waals surface area contributed by atoms with Crippen LogP contribution in [-0.2, 0) is 0 Å². The maximum Gasteiger partial charge on any atom is 0.0553 e. The summed E-state index contributed by atoms with van der Waals surface area (Å²) in [6.45, 7) is 3.32. The second-order valence-corrected chi connectivity index (χ2v) is 8.41. The van der Waals surface area contributed by atoms with Gasteiger partial charge in [0.05, 0.1) is 11.4 Å². The molecule has 2 heteroatoms. The summed E-state index contributed by atoms with van der Waals surface area (Å²) >= 11 is 1.89. The molecule has 0 radical (unpaired) electrons. The van der Waals surface area contributed by atoms with Crippen LogP contribution in [0.5, 0.6) is 0 Å². The van der Waals surface area contributed by atoms with Crippen molar-refractivity contribution in [3.05, 3.63) is 89.5 Å². The number of benzene rings is 3. The molecule has 2 aliphatic rings. The number of hydrogen-bond donors (Lipinski definition) is 0. The molecule has 0 atom stereocenters. The molecule has 1 aliphatic carbocycles. The molecule has 138 valence electrons. The van der Waals surface area contributed by atoms with Gasteiger partial charge in [-0.25, -0.2) is 0 Å². The highest BCUT2D eigenvalue weighted by molar-refractivity contribution is 7.99. The van der Waals surface area contributed by atoms with Crippen LogP contribution < -0.4 is 4.90 Å². The summed E-state index contributed by atoms with van der Waals surface area (Å²) in [6, 6.07) is 24.3. The second-order valence-electron chi connectivity index (χ2n) is 7.32. The molecule has 0 spiro atoms. The predicted octanol–water partition coefficient (Wildman–Crippen LogP) is 7.66. The van der Waals surface area contributed by atoms with E-state index >= 15 is 0 Å². The van der Waals surface area contributed by atoms with Crippen LogP contribution >= 0.6 is 11.8 Å². The Bertz CT molecular complexity index is 1090. The van der Waals surface area contributed by atoms with Gasteiger partial charge in [0.1, 0.15) is 0 Å². The minimum atomic E-state index is 1.07. The smallest absolute Gasteiger partial charge is 0.0553 e. The van der Waals surface area contributed by atoms with E-state index < -0.39 is 0 Å². The number of anilines is 2. The van der Waals surface area contributed by atoms with Gasteiger partial charge in [-0.15, -0.1) is 0 Å². The maximum absolute atomic E-state index is 2.49. The number of allylic oxidation sites excluding steroid dienone is 2. The number of unbranched alkanes of at least 4 members (excludes halogenated alkanes) is 1. The van der Waals surface area contributed by atoms with Crippen molar-refractivity contribution in [3.63, 3.8) is 0 Å². The highest BCUT2D eigenvalue weighted by atomic mass is 32.2. The van der Waals surface area contributed by atoms with Crippen molar-refractivity contribution >= 4 is 40.9 Å². The first-order valence-electron chi connectivity index (χ1n) is 10.0. The zero-order chi connectivity index (χ0) is 18.9. The van der Waals surface area contributed by atoms with Crippen LogP contribution in [0.3, 0.4) is 0 Å². The molecule has 0 bridgehead atoms. The van der Waals surface area contributed by atoms with Crippen LogP contribution in [0.1, 0.15) is 36.5 Å². The highest BCUT2D eigenvalue weighted by Crippen LogP contribution is 2.48. The molecule has 0 saturated carbocycles. The number of hydrogen-bond acceptors (Lipinski definition) is 2. The van der Waals surface area contributed by atoms with Crippen molar-refractivity contribution in [3.8, 4) is 0 Å². The molecular weight excluding hydrogens is 358 g/mol. The summed E-state index contributed by atoms with van der Waals surface area (Å²) in [5, 5.41) is 0. The van der Waals surface area contributed by atoms with Gasteiger partial charge in [-0.3, -0.25) is 0 Å². The molecule has 5 rings (SSSR count). The van der Waals surface area contributed by atoms with Crippen LogP contribution in [0.2, 0.25) is 0 Å². The Morgan fingerprint density at radius 3 is 2.61 bits per heavy atom. The van der Waals surface area contributed by atoms with E-state index in [-0.39, 0.29) is 0 Å². The quantitative estimate of drug-likeness (QED) is 0.456. The van der Waals surface area contributed by atoms with Gasteiger partial charge in [-0.1, -0.05) is 79.7 Å². The lowest BCUT2D eigenvalue weighted by Gasteiger charge is -2.33. The summed E-state index contributed by atoms with van der Waals surface area (Å²) in [4.78, 5) is 5.19. The minimum absolute atomic E-state index is 1.07. The van der Waals surface area contributed by atoms with Crippen molar-refractivity contribution in [2.45, 2.75) is 29.6 Å². The van der Waals surface area contributed by atoms with Crippen molar-refractivity contribution in [2.75, 3.05) is 11.4 Å². The molecule has 3 aromatic rings. The topological polar surface area (TPSA) is 3.24 Å². The molecule has 1 nitrogen and oxygen atoms in total. The van der Waals surface area contributed by atoms with E-state index in [1.165, 1.54) is 56.3 Å². The van der Waals surface area contributed by atoms with Gasteiger partial charge in [-0.2, -0.15) is 0 Å². The zero-order valence-corrected chi connectivity index (χ0v) is 16.9. The van der Waals surface area contributed by atoms with E-state index in [0.29, 0.717) is 0 Å². The van der Waals surface area contributed by atoms with Gasteiger partial charge >= 0.3 is 0 Å². The van der Waals surface area contributed by atoms with E-state index in [4.69, 9.17) is 0 Å². The van der Waals surface area contributed by atoms with Gasteiger partial charge in [-0.05, 0) is 59.0 Å². The lowest BCUT2D eigenvalue weighted by atomic mass is 10.0. The normalized spacial score (nSPS) is 15.5. The number of fused-ring (bicyclic) bond motifs is 3. The fraction of sp³-hybridized carbons (Fsp3) is 0.154. The molecule has 0 saturated heterocycles. The molecular formula is C26H23NS. The Labute approximate surface area is 171 Å². The zero-order valence-electron chi connectivity index (χ0n) is 16.1. The third kappa shape index (κ3) is 3.08. The van der Waals surface area contributed by atoms with Gasteiger partial charge in [0.2, 0.25) is 0 Å². The molecule has 0 N–H and O–H groups in total. The lowest BCUT2D eigenvalue weighted by molar-refractivity contribution is 0.777. The van der Waals surface area contributed by atoms with Crippen LogP contribution in [0, 0.1) is 0 Å². The molecule has 0 aromatic heterocycles. The van der Waals surface area contributed by atoms with E-state index in [1.54, 1.807) is 0 Å². The monoisotopic (exact) mass is 381 g/mol. The minimum Gasteiger partial charge on any atom is -0.340 e. The van der Waals surface area contributed by atoms with Gasteiger partial charge in [0.25, 0.3) is 0 Å². The summed E-state index contributed by atoms with van der Waals surface area (Å²) < 4.78 is 0. The van der Waals surface area contributed by atoms with Gasteiger partial charge in [0, 0.05) is 16.3 Å². The summed E-state index contributed by atoms with van der Waals surface area (Å²) in [5.74, 6) is 0. The van der Waals surface area contributed by atoms with Crippen molar-refractivity contribution in [1.82, 2.24) is 0 Å². The summed E-state index contributed by atoms with van der Waals surface area (Å²) in [5.41, 5.74) is 7.86. The van der Waals surface area contributed by atoms with E-state index in [2.05, 4.69) is 96.8 Å². The Morgan fingerprint density at radius 1 is 0.857 bits per heavy atom. The Morgan fingerprint density at radius 2 is 1.68 bits per heavy atom. The fourth-order valence-electron chi connectivity index (χ4n) is 3.98. The lowest BCUT2D eigenvalue weighted by Crippen LogP contribution is -2.21. The van der Waals surface area contributed by atoms with Gasteiger partial charge < -0.3 is 4.90 Å². The van der Waals surface area contributed by atoms with E-state index in [0.717, 1.165) is 6.54 Å². The molecule has 3 aromatic carbocycles. The molecule has 0 unspecified atom stereocenters. The number of rotatable bonds is 4. The first kappa shape index (κ1) is 17.4. The SMILES string of the molecule is CCCCN1c2ccccc2Sc2cc(C=C3C=Cc4ccccc43)ccc21. The molecule has 1 heterocycles. The van der Waals surface area contributed by atoms with Gasteiger partial charge in [0.15, 0.2) is 0 Å². The van der Waals surface area contributed by atoms with Crippen LogP contribution in [-0.4, -0.2) is 6.54 Å². The van der Waals surface area contributed by atoms with Crippen LogP contribution in [0.25, 0.3) is 17.7 Å².